The molecule has 9 aromatic rings. The Morgan fingerprint density at radius 3 is 1.93 bits per heavy atom. The molecule has 3 nitrogen and oxygen atoms in total. The third kappa shape index (κ3) is 4.59. The number of para-hydroxylation sites is 4. The van der Waals surface area contributed by atoms with Crippen LogP contribution >= 0.6 is 11.3 Å². The summed E-state index contributed by atoms with van der Waals surface area (Å²) in [5, 5.41) is 7.20. The smallest absolute Gasteiger partial charge is 0.143 e. The predicted molar refractivity (Wildman–Crippen MR) is 196 cm³/mol. The number of hydrogen-bond donors (Lipinski definition) is 1. The van der Waals surface area contributed by atoms with Crippen LogP contribution in [0, 0.1) is 0 Å². The number of nitrogens with zero attached hydrogens (tertiary/aromatic N) is 1. The number of hydrogen-bond acceptors (Lipinski definition) is 4. The standard InChI is InChI=1S/C42H28N2OS/c1-3-10-31(11-4-1)44(32-12-5-2-6-13-32)33-23-25-41-38(27-33)37-26-30(22-24-40(37)46-41)43-29-20-18-28(19-21-29)34-15-9-16-36-35-14-7-8-17-39(35)45-42(34)36/h1-27,43H/i18D,19D,20D,21D. The molecule has 0 fully saturated rings. The van der Waals surface area contributed by atoms with Gasteiger partial charge < -0.3 is 14.6 Å². The summed E-state index contributed by atoms with van der Waals surface area (Å²) in [6.07, 6.45) is 0. The molecule has 2 heterocycles. The van der Waals surface area contributed by atoms with Crippen LogP contribution in [-0.4, -0.2) is 0 Å². The van der Waals surface area contributed by atoms with E-state index in [1.807, 2.05) is 91.0 Å². The van der Waals surface area contributed by atoms with Gasteiger partial charge in [-0.3, -0.25) is 0 Å². The fraction of sp³-hybridized carbons (Fsp3) is 0. The van der Waals surface area contributed by atoms with Crippen LogP contribution in [0.1, 0.15) is 5.48 Å². The van der Waals surface area contributed by atoms with Crippen molar-refractivity contribution in [1.82, 2.24) is 0 Å². The van der Waals surface area contributed by atoms with E-state index in [9.17, 15) is 0 Å². The Kier molecular flexibility index (Phi) is 5.39. The molecular formula is C42H28N2OS. The summed E-state index contributed by atoms with van der Waals surface area (Å²) < 4.78 is 44.5. The second-order valence-corrected chi connectivity index (χ2v) is 12.2. The minimum Gasteiger partial charge on any atom is -0.455 e. The summed E-state index contributed by atoms with van der Waals surface area (Å²) in [5.74, 6) is 0. The van der Waals surface area contributed by atoms with Gasteiger partial charge in [-0.25, -0.2) is 0 Å². The molecule has 0 aliphatic rings. The molecule has 1 N–H and O–H groups in total. The van der Waals surface area contributed by atoms with Gasteiger partial charge in [0, 0.05) is 64.9 Å². The summed E-state index contributed by atoms with van der Waals surface area (Å²) in [4.78, 5) is 2.24. The summed E-state index contributed by atoms with van der Waals surface area (Å²) in [5.41, 5.74) is 5.95. The van der Waals surface area contributed by atoms with E-state index in [1.54, 1.807) is 17.4 Å². The van der Waals surface area contributed by atoms with E-state index in [0.29, 0.717) is 22.4 Å². The van der Waals surface area contributed by atoms with Gasteiger partial charge in [-0.15, -0.1) is 11.3 Å². The average molecular weight is 613 g/mol. The maximum Gasteiger partial charge on any atom is 0.143 e. The molecule has 0 atom stereocenters. The SMILES string of the molecule is [2H]c1c([2H])c(-c2cccc3c2oc2ccccc23)c([2H])c([2H])c1Nc1ccc2sc3ccc(N(c4ccccc4)c4ccccc4)cc3c2c1. The number of thiophene rings is 1. The third-order valence-electron chi connectivity index (χ3n) is 8.31. The predicted octanol–water partition coefficient (Wildman–Crippen LogP) is 12.8. The number of furan rings is 1. The lowest BCUT2D eigenvalue weighted by Crippen LogP contribution is -2.09. The molecule has 2 aromatic heterocycles. The van der Waals surface area contributed by atoms with Crippen LogP contribution in [0.15, 0.2) is 168 Å². The first-order valence-electron chi connectivity index (χ1n) is 17.1. The highest BCUT2D eigenvalue weighted by molar-refractivity contribution is 7.25. The highest BCUT2D eigenvalue weighted by Gasteiger charge is 2.15. The third-order valence-corrected chi connectivity index (χ3v) is 9.46. The van der Waals surface area contributed by atoms with E-state index in [1.165, 1.54) is 0 Å². The van der Waals surface area contributed by atoms with Gasteiger partial charge in [0.05, 0.1) is 5.48 Å². The van der Waals surface area contributed by atoms with Crippen molar-refractivity contribution in [1.29, 1.82) is 0 Å². The Morgan fingerprint density at radius 2 is 1.17 bits per heavy atom. The van der Waals surface area contributed by atoms with E-state index in [-0.39, 0.29) is 35.4 Å². The molecule has 0 unspecified atom stereocenters. The Bertz CT molecular complexity index is 2670. The Labute approximate surface area is 276 Å². The van der Waals surface area contributed by atoms with Gasteiger partial charge in [0.2, 0.25) is 0 Å². The van der Waals surface area contributed by atoms with E-state index < -0.39 is 0 Å². The fourth-order valence-electron chi connectivity index (χ4n) is 6.18. The molecule has 0 aliphatic carbocycles. The van der Waals surface area contributed by atoms with Crippen LogP contribution in [-0.2, 0) is 0 Å². The monoisotopic (exact) mass is 612 g/mol. The molecule has 218 valence electrons. The molecule has 4 heteroatoms. The van der Waals surface area contributed by atoms with Crippen LogP contribution in [0.25, 0.3) is 53.2 Å². The summed E-state index contributed by atoms with van der Waals surface area (Å²) in [6, 6.07) is 45.9. The molecule has 0 saturated heterocycles. The van der Waals surface area contributed by atoms with Crippen molar-refractivity contribution in [3.8, 4) is 11.1 Å². The van der Waals surface area contributed by atoms with Crippen LogP contribution in [0.4, 0.5) is 28.4 Å². The number of nitrogens with one attached hydrogen (secondary N) is 1. The van der Waals surface area contributed by atoms with Crippen molar-refractivity contribution in [2.45, 2.75) is 0 Å². The lowest BCUT2D eigenvalue weighted by atomic mass is 10.0. The molecular weight excluding hydrogens is 581 g/mol. The van der Waals surface area contributed by atoms with Crippen molar-refractivity contribution < 1.29 is 9.90 Å². The maximum absolute atomic E-state index is 9.03. The molecule has 9 rings (SSSR count). The van der Waals surface area contributed by atoms with Crippen molar-refractivity contribution in [2.24, 2.45) is 0 Å². The zero-order chi connectivity index (χ0) is 33.9. The van der Waals surface area contributed by atoms with E-state index in [4.69, 9.17) is 9.90 Å². The van der Waals surface area contributed by atoms with Crippen LogP contribution in [0.3, 0.4) is 0 Å². The number of fused-ring (bicyclic) bond motifs is 6. The van der Waals surface area contributed by atoms with Crippen molar-refractivity contribution in [2.75, 3.05) is 10.2 Å². The largest absolute Gasteiger partial charge is 0.455 e. The first-order valence-corrected chi connectivity index (χ1v) is 15.9. The maximum atomic E-state index is 9.03. The van der Waals surface area contributed by atoms with Crippen LogP contribution < -0.4 is 10.2 Å². The highest BCUT2D eigenvalue weighted by Crippen LogP contribution is 2.42. The Morgan fingerprint density at radius 1 is 0.522 bits per heavy atom. The number of anilines is 5. The van der Waals surface area contributed by atoms with Crippen molar-refractivity contribution in [3.05, 3.63) is 164 Å². The van der Waals surface area contributed by atoms with E-state index in [0.717, 1.165) is 48.0 Å². The minimum atomic E-state index is -0.145. The van der Waals surface area contributed by atoms with Gasteiger partial charge >= 0.3 is 0 Å². The van der Waals surface area contributed by atoms with E-state index >= 15 is 0 Å². The lowest BCUT2D eigenvalue weighted by molar-refractivity contribution is 0.670. The molecule has 0 spiro atoms. The molecule has 0 bridgehead atoms. The van der Waals surface area contributed by atoms with E-state index in [2.05, 4.69) is 52.7 Å². The second-order valence-electron chi connectivity index (χ2n) is 11.2. The normalized spacial score (nSPS) is 12.7. The zero-order valence-corrected chi connectivity index (χ0v) is 25.4. The second kappa shape index (κ2) is 11.0. The van der Waals surface area contributed by atoms with Gasteiger partial charge in [-0.1, -0.05) is 84.9 Å². The first-order chi connectivity index (χ1) is 24.5. The number of benzene rings is 7. The summed E-state index contributed by atoms with van der Waals surface area (Å²) >= 11 is 1.71. The Hall–Kier alpha value is -5.84. The highest BCUT2D eigenvalue weighted by atomic mass is 32.1. The van der Waals surface area contributed by atoms with Gasteiger partial charge in [0.25, 0.3) is 0 Å². The van der Waals surface area contributed by atoms with Gasteiger partial charge in [-0.05, 0) is 84.4 Å². The molecule has 46 heavy (non-hydrogen) atoms. The lowest BCUT2D eigenvalue weighted by Gasteiger charge is -2.25. The van der Waals surface area contributed by atoms with Crippen molar-refractivity contribution >= 4 is 81.9 Å². The zero-order valence-electron chi connectivity index (χ0n) is 28.5. The molecule has 0 aliphatic heterocycles. The number of rotatable bonds is 6. The van der Waals surface area contributed by atoms with Crippen LogP contribution in [0.5, 0.6) is 0 Å². The quantitative estimate of drug-likeness (QED) is 0.202. The summed E-state index contributed by atoms with van der Waals surface area (Å²) in [6.45, 7) is 0. The molecule has 7 aromatic carbocycles. The molecule has 0 amide bonds. The molecule has 0 radical (unpaired) electrons. The van der Waals surface area contributed by atoms with Gasteiger partial charge in [0.15, 0.2) is 0 Å². The molecule has 0 saturated carbocycles. The van der Waals surface area contributed by atoms with Crippen molar-refractivity contribution in [3.63, 3.8) is 0 Å². The topological polar surface area (TPSA) is 28.4 Å². The summed E-state index contributed by atoms with van der Waals surface area (Å²) in [7, 11) is 0. The Balaban J connectivity index is 1.13. The fourth-order valence-corrected chi connectivity index (χ4v) is 7.25. The van der Waals surface area contributed by atoms with Gasteiger partial charge in [0.1, 0.15) is 11.2 Å². The van der Waals surface area contributed by atoms with Gasteiger partial charge in [-0.2, -0.15) is 0 Å². The first kappa shape index (κ1) is 22.6. The van der Waals surface area contributed by atoms with Crippen LogP contribution in [0.2, 0.25) is 0 Å². The average Bonchev–Trinajstić information content (AvgIpc) is 3.72. The minimum absolute atomic E-state index is 0.124.